The second-order valence-corrected chi connectivity index (χ2v) is 6.38. The van der Waals surface area contributed by atoms with E-state index in [-0.39, 0.29) is 11.7 Å². The zero-order chi connectivity index (χ0) is 17.8. The number of aromatic hydroxyl groups is 1. The van der Waals surface area contributed by atoms with Gasteiger partial charge < -0.3 is 21.1 Å². The summed E-state index contributed by atoms with van der Waals surface area (Å²) in [6, 6.07) is 11.1. The zero-order valence-corrected chi connectivity index (χ0v) is 14.3. The minimum absolute atomic E-state index is 0.204. The lowest BCUT2D eigenvalue weighted by atomic mass is 9.96. The van der Waals surface area contributed by atoms with Gasteiger partial charge in [0, 0.05) is 30.6 Å². The van der Waals surface area contributed by atoms with Crippen LogP contribution in [0, 0.1) is 5.41 Å². The summed E-state index contributed by atoms with van der Waals surface area (Å²) in [5, 5.41) is 23.5. The average molecular weight is 337 g/mol. The Labute approximate surface area is 147 Å². The lowest BCUT2D eigenvalue weighted by Crippen LogP contribution is -2.22. The molecule has 0 heterocycles. The molecule has 0 radical (unpaired) electrons. The van der Waals surface area contributed by atoms with E-state index in [1.54, 1.807) is 25.2 Å². The molecule has 2 aromatic carbocycles. The third-order valence-electron chi connectivity index (χ3n) is 4.71. The van der Waals surface area contributed by atoms with Crippen LogP contribution in [-0.2, 0) is 0 Å². The van der Waals surface area contributed by atoms with E-state index in [0.717, 1.165) is 29.7 Å². The molecule has 0 aromatic heterocycles. The number of phenolic OH excluding ortho intramolecular Hbond substituents is 1. The van der Waals surface area contributed by atoms with E-state index >= 15 is 0 Å². The van der Waals surface area contributed by atoms with Crippen LogP contribution in [0.25, 0.3) is 11.1 Å². The van der Waals surface area contributed by atoms with Gasteiger partial charge in [-0.25, -0.2) is 0 Å². The highest BCUT2D eigenvalue weighted by Gasteiger charge is 2.20. The third kappa shape index (κ3) is 3.65. The van der Waals surface area contributed by atoms with Gasteiger partial charge in [-0.1, -0.05) is 25.0 Å². The summed E-state index contributed by atoms with van der Waals surface area (Å²) in [6.07, 6.45) is 5.86. The molecule has 1 amide bonds. The van der Waals surface area contributed by atoms with Crippen LogP contribution >= 0.6 is 0 Å². The van der Waals surface area contributed by atoms with E-state index in [4.69, 9.17) is 5.41 Å². The number of benzene rings is 2. The molecule has 1 fully saturated rings. The molecule has 5 nitrogen and oxygen atoms in total. The number of phenols is 1. The van der Waals surface area contributed by atoms with Gasteiger partial charge in [0.2, 0.25) is 0 Å². The molecule has 0 spiro atoms. The Kier molecular flexibility index (Phi) is 5.03. The smallest absolute Gasteiger partial charge is 0.251 e. The van der Waals surface area contributed by atoms with Crippen molar-refractivity contribution in [1.29, 1.82) is 5.41 Å². The fourth-order valence-electron chi connectivity index (χ4n) is 3.36. The fourth-order valence-corrected chi connectivity index (χ4v) is 3.36. The molecule has 0 aliphatic heterocycles. The van der Waals surface area contributed by atoms with Gasteiger partial charge >= 0.3 is 0 Å². The van der Waals surface area contributed by atoms with Gasteiger partial charge in [0.25, 0.3) is 5.91 Å². The predicted octanol–water partition coefficient (Wildman–Crippen LogP) is 3.77. The van der Waals surface area contributed by atoms with Gasteiger partial charge in [-0.3, -0.25) is 4.79 Å². The Hall–Kier alpha value is -2.82. The van der Waals surface area contributed by atoms with E-state index in [2.05, 4.69) is 10.6 Å². The third-order valence-corrected chi connectivity index (χ3v) is 4.71. The Morgan fingerprint density at radius 1 is 1.16 bits per heavy atom. The molecular weight excluding hydrogens is 314 g/mol. The molecule has 25 heavy (non-hydrogen) atoms. The van der Waals surface area contributed by atoms with Gasteiger partial charge in [-0.15, -0.1) is 0 Å². The molecule has 0 atom stereocenters. The number of nitrogens with one attached hydrogen (secondary N) is 3. The average Bonchev–Trinajstić information content (AvgIpc) is 3.14. The highest BCUT2D eigenvalue weighted by atomic mass is 16.3. The first kappa shape index (κ1) is 17.0. The molecule has 2 aromatic rings. The Morgan fingerprint density at radius 3 is 2.44 bits per heavy atom. The van der Waals surface area contributed by atoms with Gasteiger partial charge in [-0.2, -0.15) is 0 Å². The zero-order valence-electron chi connectivity index (χ0n) is 14.3. The molecule has 3 rings (SSSR count). The summed E-state index contributed by atoms with van der Waals surface area (Å²) in [5.74, 6) is -0.00992. The van der Waals surface area contributed by atoms with Crippen molar-refractivity contribution in [2.75, 3.05) is 12.4 Å². The summed E-state index contributed by atoms with van der Waals surface area (Å²) >= 11 is 0. The predicted molar refractivity (Wildman–Crippen MR) is 101 cm³/mol. The van der Waals surface area contributed by atoms with Crippen LogP contribution in [0.2, 0.25) is 0 Å². The highest BCUT2D eigenvalue weighted by molar-refractivity contribution is 6.06. The first-order chi connectivity index (χ1) is 12.1. The summed E-state index contributed by atoms with van der Waals surface area (Å²) in [6.45, 7) is 0. The van der Waals surface area contributed by atoms with Crippen molar-refractivity contribution in [2.45, 2.75) is 31.7 Å². The van der Waals surface area contributed by atoms with Gasteiger partial charge in [0.15, 0.2) is 0 Å². The minimum atomic E-state index is -0.214. The van der Waals surface area contributed by atoms with Crippen LogP contribution in [0.4, 0.5) is 5.69 Å². The number of hydrogen-bond donors (Lipinski definition) is 4. The highest BCUT2D eigenvalue weighted by Crippen LogP contribution is 2.31. The maximum atomic E-state index is 12.3. The number of carbonyl (C=O) groups is 1. The number of carbonyl (C=O) groups excluding carboxylic acids is 1. The van der Waals surface area contributed by atoms with Crippen molar-refractivity contribution in [2.24, 2.45) is 0 Å². The van der Waals surface area contributed by atoms with Gasteiger partial charge in [0.1, 0.15) is 5.75 Å². The van der Waals surface area contributed by atoms with Crippen molar-refractivity contribution >= 4 is 17.8 Å². The van der Waals surface area contributed by atoms with Crippen molar-refractivity contribution in [3.63, 3.8) is 0 Å². The number of hydrogen-bond acceptors (Lipinski definition) is 4. The monoisotopic (exact) mass is 337 g/mol. The molecule has 5 heteroatoms. The molecule has 130 valence electrons. The van der Waals surface area contributed by atoms with Gasteiger partial charge in [-0.05, 0) is 48.2 Å². The molecular formula is C20H23N3O2. The summed E-state index contributed by atoms with van der Waals surface area (Å²) < 4.78 is 0. The van der Waals surface area contributed by atoms with E-state index in [0.29, 0.717) is 17.2 Å². The lowest BCUT2D eigenvalue weighted by Gasteiger charge is -2.19. The Bertz CT molecular complexity index is 778. The van der Waals surface area contributed by atoms with Crippen LogP contribution in [0.3, 0.4) is 0 Å². The van der Waals surface area contributed by atoms with Crippen molar-refractivity contribution in [3.05, 3.63) is 47.5 Å². The molecule has 0 unspecified atom stereocenters. The van der Waals surface area contributed by atoms with Crippen LogP contribution in [-0.4, -0.2) is 30.3 Å². The maximum absolute atomic E-state index is 12.3. The number of anilines is 1. The number of amides is 1. The van der Waals surface area contributed by atoms with Crippen LogP contribution in [0.1, 0.15) is 41.6 Å². The largest absolute Gasteiger partial charge is 0.508 e. The van der Waals surface area contributed by atoms with Crippen molar-refractivity contribution < 1.29 is 9.90 Å². The Balaban J connectivity index is 2.09. The molecule has 1 saturated carbocycles. The van der Waals surface area contributed by atoms with E-state index in [9.17, 15) is 9.90 Å². The SMILES string of the molecule is CNC(=O)c1cc(-c2ccc(O)cc2)cc(NC2CCCC2)c1C=N. The first-order valence-corrected chi connectivity index (χ1v) is 8.59. The first-order valence-electron chi connectivity index (χ1n) is 8.59. The standard InChI is InChI=1S/C20H23N3O2/c1-22-20(25)17-10-14(13-6-8-16(24)9-7-13)11-19(18(17)12-21)23-15-4-2-3-5-15/h6-12,15,21,23-24H,2-5H2,1H3,(H,22,25). The second kappa shape index (κ2) is 7.38. The summed E-state index contributed by atoms with van der Waals surface area (Å²) in [5.41, 5.74) is 3.68. The lowest BCUT2D eigenvalue weighted by molar-refractivity contribution is 0.0963. The maximum Gasteiger partial charge on any atom is 0.251 e. The molecule has 1 aliphatic carbocycles. The Morgan fingerprint density at radius 2 is 1.84 bits per heavy atom. The molecule has 0 saturated heterocycles. The fraction of sp³-hybridized carbons (Fsp3) is 0.300. The molecule has 0 bridgehead atoms. The molecule has 4 N–H and O–H groups in total. The van der Waals surface area contributed by atoms with E-state index in [1.807, 2.05) is 18.2 Å². The van der Waals surface area contributed by atoms with E-state index < -0.39 is 0 Å². The van der Waals surface area contributed by atoms with Crippen LogP contribution in [0.5, 0.6) is 5.75 Å². The van der Waals surface area contributed by atoms with Gasteiger partial charge in [0.05, 0.1) is 5.56 Å². The number of rotatable bonds is 5. The molecule has 1 aliphatic rings. The second-order valence-electron chi connectivity index (χ2n) is 6.38. The summed E-state index contributed by atoms with van der Waals surface area (Å²) in [7, 11) is 1.59. The van der Waals surface area contributed by atoms with Crippen LogP contribution in [0.15, 0.2) is 36.4 Å². The topological polar surface area (TPSA) is 85.2 Å². The summed E-state index contributed by atoms with van der Waals surface area (Å²) in [4.78, 5) is 12.3. The van der Waals surface area contributed by atoms with Crippen molar-refractivity contribution in [1.82, 2.24) is 5.32 Å². The van der Waals surface area contributed by atoms with Crippen molar-refractivity contribution in [3.8, 4) is 16.9 Å². The normalized spacial score (nSPS) is 14.3. The van der Waals surface area contributed by atoms with E-state index in [1.165, 1.54) is 19.1 Å². The quantitative estimate of drug-likeness (QED) is 0.627. The van der Waals surface area contributed by atoms with Crippen LogP contribution < -0.4 is 10.6 Å². The minimum Gasteiger partial charge on any atom is -0.508 e.